The summed E-state index contributed by atoms with van der Waals surface area (Å²) in [6, 6.07) is 4.88. The van der Waals surface area contributed by atoms with Crippen LogP contribution in [0.15, 0.2) is 18.2 Å². The number of unbranched alkanes of at least 4 members (excludes halogenated alkanes) is 1. The van der Waals surface area contributed by atoms with Crippen molar-refractivity contribution in [2.45, 2.75) is 38.5 Å². The van der Waals surface area contributed by atoms with Crippen molar-refractivity contribution in [1.82, 2.24) is 5.32 Å². The van der Waals surface area contributed by atoms with E-state index in [1.807, 2.05) is 0 Å². The number of nitrogens with one attached hydrogen (secondary N) is 2. The molecule has 0 spiro atoms. The number of urea groups is 1. The van der Waals surface area contributed by atoms with Crippen LogP contribution in [0.5, 0.6) is 5.75 Å². The lowest BCUT2D eigenvalue weighted by Gasteiger charge is -2.28. The normalized spacial score (nSPS) is 13.9. The molecule has 0 aliphatic carbocycles. The maximum absolute atomic E-state index is 12.2. The Labute approximate surface area is 159 Å². The number of hydrogen-bond acceptors (Lipinski definition) is 5. The van der Waals surface area contributed by atoms with Crippen molar-refractivity contribution >= 4 is 29.3 Å². The molecule has 8 nitrogen and oxygen atoms in total. The van der Waals surface area contributed by atoms with Gasteiger partial charge >= 0.3 is 12.0 Å². The number of esters is 1. The molecule has 2 rings (SSSR count). The number of piperidine rings is 1. The topological polar surface area (TPSA) is 97.0 Å². The molecule has 0 radical (unpaired) electrons. The number of rotatable bonds is 8. The average Bonchev–Trinajstić information content (AvgIpc) is 2.67. The second-order valence-electron chi connectivity index (χ2n) is 6.30. The Morgan fingerprint density at radius 2 is 2.00 bits per heavy atom. The molecule has 148 valence electrons. The lowest BCUT2D eigenvalue weighted by Crippen LogP contribution is -2.35. The quantitative estimate of drug-likeness (QED) is 0.536. The molecule has 1 saturated heterocycles. The van der Waals surface area contributed by atoms with Gasteiger partial charge in [-0.25, -0.2) is 4.79 Å². The van der Waals surface area contributed by atoms with Crippen molar-refractivity contribution in [3.8, 4) is 5.75 Å². The molecule has 0 unspecified atom stereocenters. The van der Waals surface area contributed by atoms with Crippen LogP contribution in [0.25, 0.3) is 0 Å². The molecular weight excluding hydrogens is 350 g/mol. The molecule has 1 heterocycles. The van der Waals surface area contributed by atoms with E-state index >= 15 is 0 Å². The molecule has 8 heteroatoms. The van der Waals surface area contributed by atoms with Crippen molar-refractivity contribution in [2.75, 3.05) is 37.5 Å². The van der Waals surface area contributed by atoms with E-state index in [9.17, 15) is 14.4 Å². The van der Waals surface area contributed by atoms with Gasteiger partial charge in [-0.15, -0.1) is 0 Å². The summed E-state index contributed by atoms with van der Waals surface area (Å²) >= 11 is 0. The van der Waals surface area contributed by atoms with E-state index in [-0.39, 0.29) is 17.9 Å². The van der Waals surface area contributed by atoms with Gasteiger partial charge in [-0.2, -0.15) is 0 Å². The summed E-state index contributed by atoms with van der Waals surface area (Å²) in [5.74, 6) is 0.406. The molecule has 0 atom stereocenters. The van der Waals surface area contributed by atoms with E-state index < -0.39 is 0 Å². The van der Waals surface area contributed by atoms with E-state index in [1.165, 1.54) is 7.11 Å². The first-order valence-corrected chi connectivity index (χ1v) is 9.15. The Hall–Kier alpha value is -2.77. The molecule has 1 aliphatic rings. The summed E-state index contributed by atoms with van der Waals surface area (Å²) in [7, 11) is 2.91. The van der Waals surface area contributed by atoms with Gasteiger partial charge in [-0.3, -0.25) is 9.59 Å². The minimum atomic E-state index is -0.339. The van der Waals surface area contributed by atoms with Gasteiger partial charge in [-0.05, 0) is 43.9 Å². The zero-order valence-corrected chi connectivity index (χ0v) is 15.9. The third-order valence-electron chi connectivity index (χ3n) is 4.37. The number of anilines is 2. The maximum Gasteiger partial charge on any atom is 0.319 e. The summed E-state index contributed by atoms with van der Waals surface area (Å²) in [6.07, 6.45) is 4.03. The van der Waals surface area contributed by atoms with Crippen LogP contribution in [0.1, 0.15) is 38.5 Å². The standard InChI is InChI=1S/C19H27N3O5/c1-26-16-10-9-14(13-15(16)22-12-6-4-7-17(22)23)21-19(25)20-11-5-3-8-18(24)27-2/h9-10,13H,3-8,11-12H2,1-2H3,(H2,20,21,25). The molecule has 2 N–H and O–H groups in total. The zero-order chi connectivity index (χ0) is 19.6. The van der Waals surface area contributed by atoms with Gasteiger partial charge in [0.2, 0.25) is 5.91 Å². The Kier molecular flexibility index (Phi) is 7.91. The van der Waals surface area contributed by atoms with Gasteiger partial charge in [-0.1, -0.05) is 0 Å². The van der Waals surface area contributed by atoms with Gasteiger partial charge in [0.05, 0.1) is 19.9 Å². The molecule has 1 aromatic rings. The predicted octanol–water partition coefficient (Wildman–Crippen LogP) is 2.68. The highest BCUT2D eigenvalue weighted by Crippen LogP contribution is 2.33. The highest BCUT2D eigenvalue weighted by atomic mass is 16.5. The molecule has 0 aromatic heterocycles. The van der Waals surface area contributed by atoms with E-state index in [0.717, 1.165) is 12.8 Å². The fraction of sp³-hybridized carbons (Fsp3) is 0.526. The minimum absolute atomic E-state index is 0.0618. The van der Waals surface area contributed by atoms with Crippen molar-refractivity contribution < 1.29 is 23.9 Å². The van der Waals surface area contributed by atoms with E-state index in [0.29, 0.717) is 55.9 Å². The molecule has 1 aliphatic heterocycles. The number of benzene rings is 1. The van der Waals surface area contributed by atoms with Crippen molar-refractivity contribution in [1.29, 1.82) is 0 Å². The number of ether oxygens (including phenoxy) is 2. The highest BCUT2D eigenvalue weighted by molar-refractivity contribution is 5.97. The Morgan fingerprint density at radius 3 is 2.70 bits per heavy atom. The van der Waals surface area contributed by atoms with Crippen LogP contribution in [0.2, 0.25) is 0 Å². The Balaban J connectivity index is 1.90. The summed E-state index contributed by atoms with van der Waals surface area (Å²) in [6.45, 7) is 1.10. The first kappa shape index (κ1) is 20.5. The molecule has 1 fully saturated rings. The molecule has 3 amide bonds. The number of methoxy groups -OCH3 is 2. The Bertz CT molecular complexity index is 677. The first-order chi connectivity index (χ1) is 13.0. The molecule has 0 bridgehead atoms. The smallest absolute Gasteiger partial charge is 0.319 e. The van der Waals surface area contributed by atoms with Crippen LogP contribution < -0.4 is 20.3 Å². The van der Waals surface area contributed by atoms with Crippen LogP contribution in [0.3, 0.4) is 0 Å². The highest BCUT2D eigenvalue weighted by Gasteiger charge is 2.23. The second kappa shape index (κ2) is 10.4. The third kappa shape index (κ3) is 6.16. The minimum Gasteiger partial charge on any atom is -0.495 e. The van der Waals surface area contributed by atoms with Crippen LogP contribution in [-0.2, 0) is 14.3 Å². The number of hydrogen-bond donors (Lipinski definition) is 2. The van der Waals surface area contributed by atoms with Crippen LogP contribution >= 0.6 is 0 Å². The molecule has 27 heavy (non-hydrogen) atoms. The fourth-order valence-corrected chi connectivity index (χ4v) is 2.91. The van der Waals surface area contributed by atoms with Gasteiger partial charge < -0.3 is 25.0 Å². The van der Waals surface area contributed by atoms with Crippen LogP contribution in [0.4, 0.5) is 16.2 Å². The van der Waals surface area contributed by atoms with Crippen LogP contribution in [-0.4, -0.2) is 45.2 Å². The molecular formula is C19H27N3O5. The van der Waals surface area contributed by atoms with Crippen LogP contribution in [0, 0.1) is 0 Å². The number of nitrogens with zero attached hydrogens (tertiary/aromatic N) is 1. The van der Waals surface area contributed by atoms with E-state index in [4.69, 9.17) is 4.74 Å². The number of amides is 3. The summed E-state index contributed by atoms with van der Waals surface area (Å²) < 4.78 is 9.93. The zero-order valence-electron chi connectivity index (χ0n) is 15.9. The van der Waals surface area contributed by atoms with Gasteiger partial charge in [0, 0.05) is 31.6 Å². The lowest BCUT2D eigenvalue weighted by atomic mass is 10.1. The summed E-state index contributed by atoms with van der Waals surface area (Å²) in [4.78, 5) is 37.0. The molecule has 0 saturated carbocycles. The van der Waals surface area contributed by atoms with Gasteiger partial charge in [0.15, 0.2) is 0 Å². The van der Waals surface area contributed by atoms with Gasteiger partial charge in [0.25, 0.3) is 0 Å². The Morgan fingerprint density at radius 1 is 1.19 bits per heavy atom. The number of carbonyl (C=O) groups excluding carboxylic acids is 3. The van der Waals surface area contributed by atoms with Gasteiger partial charge in [0.1, 0.15) is 5.75 Å². The fourth-order valence-electron chi connectivity index (χ4n) is 2.91. The second-order valence-corrected chi connectivity index (χ2v) is 6.30. The SMILES string of the molecule is COC(=O)CCCCNC(=O)Nc1ccc(OC)c(N2CCCCC2=O)c1. The summed E-state index contributed by atoms with van der Waals surface area (Å²) in [5.41, 5.74) is 1.24. The van der Waals surface area contributed by atoms with Crippen molar-refractivity contribution in [3.63, 3.8) is 0 Å². The number of carbonyl (C=O) groups is 3. The first-order valence-electron chi connectivity index (χ1n) is 9.15. The summed E-state index contributed by atoms with van der Waals surface area (Å²) in [5, 5.41) is 5.51. The average molecular weight is 377 g/mol. The monoisotopic (exact) mass is 377 g/mol. The largest absolute Gasteiger partial charge is 0.495 e. The maximum atomic E-state index is 12.2. The predicted molar refractivity (Wildman–Crippen MR) is 102 cm³/mol. The van der Waals surface area contributed by atoms with E-state index in [1.54, 1.807) is 30.2 Å². The van der Waals surface area contributed by atoms with E-state index in [2.05, 4.69) is 15.4 Å². The lowest BCUT2D eigenvalue weighted by molar-refractivity contribution is -0.140. The van der Waals surface area contributed by atoms with Crippen molar-refractivity contribution in [3.05, 3.63) is 18.2 Å². The third-order valence-corrected chi connectivity index (χ3v) is 4.37. The van der Waals surface area contributed by atoms with Crippen molar-refractivity contribution in [2.24, 2.45) is 0 Å². The molecule has 1 aromatic carbocycles.